The molecule has 4 N–H and O–H groups in total. The summed E-state index contributed by atoms with van der Waals surface area (Å²) in [4.78, 5) is 32.6. The number of aliphatic carboxylic acids is 1. The van der Waals surface area contributed by atoms with E-state index in [0.29, 0.717) is 24.5 Å². The summed E-state index contributed by atoms with van der Waals surface area (Å²) in [7, 11) is -4.59. The molecule has 0 aliphatic rings. The van der Waals surface area contributed by atoms with Crippen molar-refractivity contribution < 1.29 is 47.4 Å². The number of para-hydroxylation sites is 2. The molecule has 0 spiro atoms. The highest BCUT2D eigenvalue weighted by Gasteiger charge is 2.27. The van der Waals surface area contributed by atoms with Crippen LogP contribution in [0.5, 0.6) is 17.2 Å². The minimum Gasteiger partial charge on any atom is -0.489 e. The molecule has 214 valence electrons. The molecule has 3 rings (SSSR count). The number of hydrogen-bond acceptors (Lipinski definition) is 9. The topological polar surface area (TPSA) is 164 Å². The maximum atomic E-state index is 12.3. The zero-order chi connectivity index (χ0) is 29.0. The molecule has 0 amide bonds. The van der Waals surface area contributed by atoms with Gasteiger partial charge in [-0.2, -0.15) is 0 Å². The number of rotatable bonds is 16. The molecule has 0 bridgehead atoms. The van der Waals surface area contributed by atoms with Crippen LogP contribution in [0.1, 0.15) is 24.5 Å². The summed E-state index contributed by atoms with van der Waals surface area (Å²) < 4.78 is 38.4. The van der Waals surface area contributed by atoms with Gasteiger partial charge in [0, 0.05) is 6.42 Å². The van der Waals surface area contributed by atoms with Crippen LogP contribution in [0.25, 0.3) is 0 Å². The van der Waals surface area contributed by atoms with Gasteiger partial charge >= 0.3 is 19.8 Å². The third kappa shape index (κ3) is 10.8. The van der Waals surface area contributed by atoms with Gasteiger partial charge in [-0.05, 0) is 54.8 Å². The zero-order valence-electron chi connectivity index (χ0n) is 21.9. The standard InChI is InChI=1S/C28H32NO10P/c1-20(39-40(33,34)37-19-25(29)28(31)32)17-36-27(30)15-14-22-9-5-6-13-26(22)35-18-21-8-7-12-24(16-21)38-23-10-3-2-4-11-23/h2-13,16,20,25H,14-15,17-19,29H2,1H3,(H,31,32)(H,33,34)/t20-,25+/m1/s1. The molecule has 3 aromatic rings. The minimum atomic E-state index is -4.59. The molecule has 0 heterocycles. The van der Waals surface area contributed by atoms with E-state index in [4.69, 9.17) is 29.6 Å². The van der Waals surface area contributed by atoms with Gasteiger partial charge in [0.15, 0.2) is 0 Å². The molecule has 0 aromatic heterocycles. The molecule has 12 heteroatoms. The maximum absolute atomic E-state index is 12.3. The largest absolute Gasteiger partial charge is 0.489 e. The zero-order valence-corrected chi connectivity index (χ0v) is 22.8. The second-order valence-electron chi connectivity index (χ2n) is 8.77. The molecule has 3 atom stereocenters. The van der Waals surface area contributed by atoms with Crippen LogP contribution in [0.2, 0.25) is 0 Å². The first kappa shape index (κ1) is 30.8. The fourth-order valence-corrected chi connectivity index (χ4v) is 4.31. The van der Waals surface area contributed by atoms with E-state index in [1.54, 1.807) is 0 Å². The summed E-state index contributed by atoms with van der Waals surface area (Å²) in [6, 6.07) is 22.9. The molecule has 40 heavy (non-hydrogen) atoms. The average molecular weight is 574 g/mol. The highest BCUT2D eigenvalue weighted by molar-refractivity contribution is 7.47. The third-order valence-electron chi connectivity index (χ3n) is 5.37. The van der Waals surface area contributed by atoms with Crippen LogP contribution >= 0.6 is 7.82 Å². The molecule has 0 saturated carbocycles. The van der Waals surface area contributed by atoms with Crippen molar-refractivity contribution in [1.29, 1.82) is 0 Å². The van der Waals surface area contributed by atoms with Crippen LogP contribution in [-0.2, 0) is 41.0 Å². The number of benzene rings is 3. The van der Waals surface area contributed by atoms with E-state index < -0.39 is 38.5 Å². The van der Waals surface area contributed by atoms with Crippen molar-refractivity contribution in [3.05, 3.63) is 90.0 Å². The van der Waals surface area contributed by atoms with Gasteiger partial charge in [-0.15, -0.1) is 0 Å². The van der Waals surface area contributed by atoms with Crippen LogP contribution < -0.4 is 15.2 Å². The molecule has 3 aromatic carbocycles. The molecule has 0 radical (unpaired) electrons. The second-order valence-corrected chi connectivity index (χ2v) is 10.2. The number of carboxylic acids is 1. The first-order valence-corrected chi connectivity index (χ1v) is 13.9. The summed E-state index contributed by atoms with van der Waals surface area (Å²) in [6.45, 7) is 0.671. The molecule has 0 aliphatic heterocycles. The van der Waals surface area contributed by atoms with Crippen LogP contribution in [0, 0.1) is 0 Å². The van der Waals surface area contributed by atoms with Crippen molar-refractivity contribution in [2.24, 2.45) is 5.73 Å². The van der Waals surface area contributed by atoms with Gasteiger partial charge in [-0.25, -0.2) is 4.57 Å². The first-order chi connectivity index (χ1) is 19.1. The Labute approximate surface area is 232 Å². The van der Waals surface area contributed by atoms with Gasteiger partial charge in [-0.3, -0.25) is 18.6 Å². The Morgan fingerprint density at radius 1 is 0.950 bits per heavy atom. The number of ether oxygens (including phenoxy) is 3. The Kier molecular flexibility index (Phi) is 11.7. The van der Waals surface area contributed by atoms with Gasteiger partial charge in [-0.1, -0.05) is 48.5 Å². The molecule has 0 aliphatic carbocycles. The Bertz CT molecular complexity index is 1300. The number of carbonyl (C=O) groups is 2. The molecule has 11 nitrogen and oxygen atoms in total. The molecular formula is C28H32NO10P. The summed E-state index contributed by atoms with van der Waals surface area (Å²) >= 11 is 0. The highest BCUT2D eigenvalue weighted by atomic mass is 31.2. The van der Waals surface area contributed by atoms with E-state index >= 15 is 0 Å². The van der Waals surface area contributed by atoms with Crippen LogP contribution in [-0.4, -0.2) is 47.3 Å². The normalized spacial score (nSPS) is 14.0. The van der Waals surface area contributed by atoms with E-state index in [1.807, 2.05) is 78.9 Å². The van der Waals surface area contributed by atoms with Crippen LogP contribution in [0.4, 0.5) is 0 Å². The van der Waals surface area contributed by atoms with E-state index in [1.165, 1.54) is 6.92 Å². The number of carbonyl (C=O) groups excluding carboxylic acids is 1. The lowest BCUT2D eigenvalue weighted by Gasteiger charge is -2.18. The van der Waals surface area contributed by atoms with Crippen molar-refractivity contribution >= 4 is 19.8 Å². The number of phosphoric ester groups is 1. The summed E-state index contributed by atoms with van der Waals surface area (Å²) in [5.41, 5.74) is 6.95. The second kappa shape index (κ2) is 15.2. The highest BCUT2D eigenvalue weighted by Crippen LogP contribution is 2.44. The Morgan fingerprint density at radius 3 is 2.40 bits per heavy atom. The Morgan fingerprint density at radius 2 is 1.65 bits per heavy atom. The van der Waals surface area contributed by atoms with Crippen molar-refractivity contribution in [1.82, 2.24) is 0 Å². The molecular weight excluding hydrogens is 541 g/mol. The van der Waals surface area contributed by atoms with Gasteiger partial charge < -0.3 is 29.9 Å². The van der Waals surface area contributed by atoms with Crippen LogP contribution in [0.3, 0.4) is 0 Å². The van der Waals surface area contributed by atoms with E-state index in [9.17, 15) is 19.0 Å². The smallest absolute Gasteiger partial charge is 0.472 e. The monoisotopic (exact) mass is 573 g/mol. The third-order valence-corrected chi connectivity index (χ3v) is 6.47. The van der Waals surface area contributed by atoms with Gasteiger partial charge in [0.25, 0.3) is 0 Å². The predicted octanol–water partition coefficient (Wildman–Crippen LogP) is 4.47. The van der Waals surface area contributed by atoms with Gasteiger partial charge in [0.2, 0.25) is 0 Å². The number of hydrogen-bond donors (Lipinski definition) is 3. The quantitative estimate of drug-likeness (QED) is 0.164. The van der Waals surface area contributed by atoms with Crippen molar-refractivity contribution in [3.63, 3.8) is 0 Å². The molecule has 1 unspecified atom stereocenters. The lowest BCUT2D eigenvalue weighted by atomic mass is 10.1. The average Bonchev–Trinajstić information content (AvgIpc) is 2.93. The number of aryl methyl sites for hydroxylation is 1. The van der Waals surface area contributed by atoms with Gasteiger partial charge in [0.05, 0.1) is 6.61 Å². The number of nitrogens with two attached hydrogens (primary N) is 1. The number of esters is 1. The van der Waals surface area contributed by atoms with E-state index in [-0.39, 0.29) is 13.0 Å². The maximum Gasteiger partial charge on any atom is 0.472 e. The summed E-state index contributed by atoms with van der Waals surface area (Å²) in [6.07, 6.45) is -0.609. The van der Waals surface area contributed by atoms with Crippen molar-refractivity contribution in [2.75, 3.05) is 13.2 Å². The molecule has 0 saturated heterocycles. The Balaban J connectivity index is 1.45. The summed E-state index contributed by atoms with van der Waals surface area (Å²) in [5.74, 6) is 0.112. The van der Waals surface area contributed by atoms with Crippen molar-refractivity contribution in [2.45, 2.75) is 38.5 Å². The first-order valence-electron chi connectivity index (χ1n) is 12.4. The molecule has 0 fully saturated rings. The number of phosphoric acid groups is 1. The van der Waals surface area contributed by atoms with E-state index in [0.717, 1.165) is 16.9 Å². The SMILES string of the molecule is C[C@H](COC(=O)CCc1ccccc1OCc1cccc(Oc2ccccc2)c1)OP(=O)(O)OC[C@H](N)C(=O)O. The lowest BCUT2D eigenvalue weighted by molar-refractivity contribution is -0.146. The van der Waals surface area contributed by atoms with Crippen LogP contribution in [0.15, 0.2) is 78.9 Å². The summed E-state index contributed by atoms with van der Waals surface area (Å²) in [5, 5.41) is 8.71. The predicted molar refractivity (Wildman–Crippen MR) is 145 cm³/mol. The minimum absolute atomic E-state index is 0.0360. The number of carboxylic acid groups (broad SMARTS) is 1. The van der Waals surface area contributed by atoms with Gasteiger partial charge in [0.1, 0.15) is 42.6 Å². The van der Waals surface area contributed by atoms with E-state index in [2.05, 4.69) is 4.52 Å². The fraction of sp³-hybridized carbons (Fsp3) is 0.286. The lowest BCUT2D eigenvalue weighted by Crippen LogP contribution is -2.34. The Hall–Kier alpha value is -3.73. The van der Waals surface area contributed by atoms with Crippen molar-refractivity contribution in [3.8, 4) is 17.2 Å². The fourth-order valence-electron chi connectivity index (χ4n) is 3.39.